The van der Waals surface area contributed by atoms with Crippen molar-refractivity contribution in [2.75, 3.05) is 45.9 Å². The van der Waals surface area contributed by atoms with Gasteiger partial charge in [-0.15, -0.1) is 24.0 Å². The summed E-state index contributed by atoms with van der Waals surface area (Å²) < 4.78 is 7.54. The smallest absolute Gasteiger partial charge is 0.194 e. The average molecular weight is 538 g/mol. The van der Waals surface area contributed by atoms with Gasteiger partial charge >= 0.3 is 0 Å². The number of para-hydroxylation sites is 1. The number of benzene rings is 1. The van der Waals surface area contributed by atoms with Crippen LogP contribution in [0.1, 0.15) is 30.3 Å². The van der Waals surface area contributed by atoms with E-state index in [2.05, 4.69) is 64.4 Å². The van der Waals surface area contributed by atoms with Crippen LogP contribution in [0.3, 0.4) is 0 Å². The molecule has 4 rings (SSSR count). The highest BCUT2D eigenvalue weighted by Crippen LogP contribution is 2.20. The lowest BCUT2D eigenvalue weighted by Crippen LogP contribution is -2.46. The molecule has 8 heteroatoms. The fourth-order valence-corrected chi connectivity index (χ4v) is 4.48. The molecule has 1 aromatic carbocycles. The maximum Gasteiger partial charge on any atom is 0.194 e. The molecule has 2 saturated heterocycles. The highest BCUT2D eigenvalue weighted by atomic mass is 127. The lowest BCUT2D eigenvalue weighted by atomic mass is 10.2. The maximum atomic E-state index is 5.52. The van der Waals surface area contributed by atoms with Crippen LogP contribution in [0.2, 0.25) is 0 Å². The van der Waals surface area contributed by atoms with E-state index in [1.807, 2.05) is 11.6 Å². The Kier molecular flexibility index (Phi) is 8.74. The summed E-state index contributed by atoms with van der Waals surface area (Å²) in [5.41, 5.74) is 4.47. The number of guanidine groups is 1. The van der Waals surface area contributed by atoms with E-state index in [0.29, 0.717) is 12.6 Å². The van der Waals surface area contributed by atoms with Gasteiger partial charge < -0.3 is 15.0 Å². The first-order valence-corrected chi connectivity index (χ1v) is 11.1. The number of aliphatic imine (C=N–C) groups is 1. The number of aromatic nitrogens is 2. The molecule has 2 aliphatic heterocycles. The van der Waals surface area contributed by atoms with Gasteiger partial charge in [-0.2, -0.15) is 5.10 Å². The van der Waals surface area contributed by atoms with E-state index in [0.717, 1.165) is 69.0 Å². The topological polar surface area (TPSA) is 57.9 Å². The summed E-state index contributed by atoms with van der Waals surface area (Å²) in [6, 6.07) is 11.1. The molecule has 0 spiro atoms. The average Bonchev–Trinajstić information content (AvgIpc) is 3.38. The Morgan fingerprint density at radius 2 is 1.97 bits per heavy atom. The summed E-state index contributed by atoms with van der Waals surface area (Å²) in [6.45, 7) is 13.6. The molecule has 1 N–H and O–H groups in total. The molecule has 3 heterocycles. The third-order valence-electron chi connectivity index (χ3n) is 5.99. The second-order valence-electron chi connectivity index (χ2n) is 8.17. The molecule has 0 bridgehead atoms. The van der Waals surface area contributed by atoms with E-state index < -0.39 is 0 Å². The molecule has 7 nitrogen and oxygen atoms in total. The second-order valence-corrected chi connectivity index (χ2v) is 8.17. The van der Waals surface area contributed by atoms with Crippen molar-refractivity contribution in [2.45, 2.75) is 39.8 Å². The molecule has 170 valence electrons. The summed E-state index contributed by atoms with van der Waals surface area (Å²) in [5.74, 6) is 1.01. The molecule has 31 heavy (non-hydrogen) atoms. The van der Waals surface area contributed by atoms with Crippen LogP contribution >= 0.6 is 24.0 Å². The highest BCUT2D eigenvalue weighted by Gasteiger charge is 2.30. The molecule has 2 aromatic rings. The summed E-state index contributed by atoms with van der Waals surface area (Å²) >= 11 is 0. The lowest BCUT2D eigenvalue weighted by molar-refractivity contribution is 0.0195. The fraction of sp³-hybridized carbons (Fsp3) is 0.565. The van der Waals surface area contributed by atoms with Crippen molar-refractivity contribution in [3.05, 3.63) is 47.3 Å². The van der Waals surface area contributed by atoms with Gasteiger partial charge in [0.2, 0.25) is 0 Å². The zero-order valence-electron chi connectivity index (χ0n) is 18.9. The Balaban J connectivity index is 0.00000272. The van der Waals surface area contributed by atoms with Crippen LogP contribution in [0, 0.1) is 13.8 Å². The minimum absolute atomic E-state index is 0. The SMILES string of the molecule is CCNC(=NCc1ccccc1-n1nc(C)cc1C)N1CCC(N2CCOCC2)C1.I. The first kappa shape index (κ1) is 24.0. The van der Waals surface area contributed by atoms with Crippen molar-refractivity contribution < 1.29 is 4.74 Å². The number of aryl methyl sites for hydroxylation is 2. The van der Waals surface area contributed by atoms with Crippen LogP contribution in [0.15, 0.2) is 35.3 Å². The molecule has 0 radical (unpaired) electrons. The molecule has 2 aliphatic rings. The maximum absolute atomic E-state index is 5.52. The van der Waals surface area contributed by atoms with Crippen LogP contribution in [0.4, 0.5) is 0 Å². The van der Waals surface area contributed by atoms with Gasteiger partial charge in [-0.1, -0.05) is 18.2 Å². The Hall–Kier alpha value is -1.65. The first-order valence-electron chi connectivity index (χ1n) is 11.1. The third-order valence-corrected chi connectivity index (χ3v) is 5.99. The van der Waals surface area contributed by atoms with Crippen LogP contribution in [0.5, 0.6) is 0 Å². The molecule has 0 amide bonds. The summed E-state index contributed by atoms with van der Waals surface area (Å²) in [4.78, 5) is 10.0. The number of morpholine rings is 1. The largest absolute Gasteiger partial charge is 0.379 e. The predicted octanol–water partition coefficient (Wildman–Crippen LogP) is 2.98. The van der Waals surface area contributed by atoms with Gasteiger partial charge in [0.05, 0.1) is 31.1 Å². The number of nitrogens with zero attached hydrogens (tertiary/aromatic N) is 5. The number of halogens is 1. The van der Waals surface area contributed by atoms with Gasteiger partial charge in [0.25, 0.3) is 0 Å². The van der Waals surface area contributed by atoms with Gasteiger partial charge in [0, 0.05) is 44.5 Å². The fourth-order valence-electron chi connectivity index (χ4n) is 4.48. The summed E-state index contributed by atoms with van der Waals surface area (Å²) in [5, 5.41) is 8.17. The van der Waals surface area contributed by atoms with Gasteiger partial charge in [0.1, 0.15) is 0 Å². The van der Waals surface area contributed by atoms with Gasteiger partial charge in [-0.25, -0.2) is 9.67 Å². The number of nitrogens with one attached hydrogen (secondary N) is 1. The number of likely N-dealkylation sites (tertiary alicyclic amines) is 1. The number of hydrogen-bond acceptors (Lipinski definition) is 4. The van der Waals surface area contributed by atoms with Gasteiger partial charge in [0.15, 0.2) is 5.96 Å². The first-order chi connectivity index (χ1) is 14.7. The minimum Gasteiger partial charge on any atom is -0.379 e. The quantitative estimate of drug-likeness (QED) is 0.361. The molecule has 1 aromatic heterocycles. The van der Waals surface area contributed by atoms with Gasteiger partial charge in [-0.3, -0.25) is 4.90 Å². The monoisotopic (exact) mass is 538 g/mol. The second kappa shape index (κ2) is 11.3. The van der Waals surface area contributed by atoms with Crippen molar-refractivity contribution >= 4 is 29.9 Å². The molecular weight excluding hydrogens is 503 g/mol. The minimum atomic E-state index is 0. The standard InChI is InChI=1S/C23H34N6O.HI/c1-4-24-23(28-10-9-21(17-28)27-11-13-30-14-12-27)25-16-20-7-5-6-8-22(20)29-19(3)15-18(2)26-29;/h5-8,15,21H,4,9-14,16-17H2,1-3H3,(H,24,25);1H. The number of hydrogen-bond donors (Lipinski definition) is 1. The normalized spacial score (nSPS) is 20.0. The molecule has 0 aliphatic carbocycles. The predicted molar refractivity (Wildman–Crippen MR) is 136 cm³/mol. The van der Waals surface area contributed by atoms with E-state index in [4.69, 9.17) is 9.73 Å². The Labute approximate surface area is 202 Å². The molecule has 2 fully saturated rings. The summed E-state index contributed by atoms with van der Waals surface area (Å²) in [6.07, 6.45) is 1.19. The van der Waals surface area contributed by atoms with E-state index in [-0.39, 0.29) is 24.0 Å². The third kappa shape index (κ3) is 5.78. The summed E-state index contributed by atoms with van der Waals surface area (Å²) in [7, 11) is 0. The lowest BCUT2D eigenvalue weighted by Gasteiger charge is -2.32. The van der Waals surface area contributed by atoms with Gasteiger partial charge in [-0.05, 0) is 44.9 Å². The van der Waals surface area contributed by atoms with Crippen molar-refractivity contribution in [2.24, 2.45) is 4.99 Å². The molecule has 1 atom stereocenters. The Morgan fingerprint density at radius 1 is 1.19 bits per heavy atom. The number of rotatable bonds is 5. The molecule has 1 unspecified atom stereocenters. The van der Waals surface area contributed by atoms with Crippen LogP contribution in [-0.2, 0) is 11.3 Å². The van der Waals surface area contributed by atoms with Crippen LogP contribution in [0.25, 0.3) is 5.69 Å². The molecular formula is C23H35IN6O. The Bertz CT molecular complexity index is 877. The van der Waals surface area contributed by atoms with Crippen molar-refractivity contribution in [3.8, 4) is 5.69 Å². The van der Waals surface area contributed by atoms with Crippen LogP contribution < -0.4 is 5.32 Å². The van der Waals surface area contributed by atoms with E-state index in [1.54, 1.807) is 0 Å². The molecule has 0 saturated carbocycles. The van der Waals surface area contributed by atoms with E-state index in [1.165, 1.54) is 12.0 Å². The van der Waals surface area contributed by atoms with E-state index in [9.17, 15) is 0 Å². The van der Waals surface area contributed by atoms with E-state index >= 15 is 0 Å². The number of ether oxygens (including phenoxy) is 1. The Morgan fingerprint density at radius 3 is 2.68 bits per heavy atom. The van der Waals surface area contributed by atoms with Crippen molar-refractivity contribution in [1.82, 2.24) is 24.9 Å². The van der Waals surface area contributed by atoms with Crippen molar-refractivity contribution in [1.29, 1.82) is 0 Å². The zero-order valence-corrected chi connectivity index (χ0v) is 21.2. The highest BCUT2D eigenvalue weighted by molar-refractivity contribution is 14.0. The van der Waals surface area contributed by atoms with Crippen LogP contribution in [-0.4, -0.2) is 77.5 Å². The zero-order chi connectivity index (χ0) is 20.9. The van der Waals surface area contributed by atoms with Crippen molar-refractivity contribution in [3.63, 3.8) is 0 Å².